The number of rotatable bonds is 2. The van der Waals surface area contributed by atoms with E-state index < -0.39 is 5.91 Å². The first-order valence-corrected chi connectivity index (χ1v) is 8.40. The van der Waals surface area contributed by atoms with Gasteiger partial charge in [0.1, 0.15) is 0 Å². The van der Waals surface area contributed by atoms with Crippen LogP contribution in [0.2, 0.25) is 0 Å². The van der Waals surface area contributed by atoms with Crippen molar-refractivity contribution in [3.8, 4) is 0 Å². The van der Waals surface area contributed by atoms with Crippen molar-refractivity contribution in [2.24, 2.45) is 35.5 Å². The lowest BCUT2D eigenvalue weighted by Crippen LogP contribution is -2.46. The minimum Gasteiger partial charge on any atom is -0.272 e. The van der Waals surface area contributed by atoms with Gasteiger partial charge in [0.15, 0.2) is 0 Å². The van der Waals surface area contributed by atoms with Crippen LogP contribution in [0.3, 0.4) is 0 Å². The second-order valence-electron chi connectivity index (χ2n) is 7.34. The Bertz CT molecular complexity index is 682. The van der Waals surface area contributed by atoms with Crippen molar-refractivity contribution in [2.75, 3.05) is 0 Å². The van der Waals surface area contributed by atoms with Crippen molar-refractivity contribution in [3.63, 3.8) is 0 Å². The summed E-state index contributed by atoms with van der Waals surface area (Å²) in [4.78, 5) is 37.8. The Labute approximate surface area is 134 Å². The second kappa shape index (κ2) is 4.43. The van der Waals surface area contributed by atoms with E-state index in [4.69, 9.17) is 0 Å². The molecule has 5 fully saturated rings. The summed E-state index contributed by atoms with van der Waals surface area (Å²) < 4.78 is 0. The molecule has 4 saturated carbocycles. The van der Waals surface area contributed by atoms with Gasteiger partial charge >= 0.3 is 0 Å². The lowest BCUT2D eigenvalue weighted by Gasteiger charge is -2.42. The van der Waals surface area contributed by atoms with E-state index in [0.29, 0.717) is 29.2 Å². The number of benzene rings is 1. The standard InChI is InChI=1S/C18H18N2O3/c21-16(9-4-2-1-3-5-9)19-20-17(22)14-10-6-7-11(13-8-12(10)13)15(14)18(20)23/h1-5,10-15H,6-8H2,(H,19,21). The van der Waals surface area contributed by atoms with E-state index in [9.17, 15) is 14.4 Å². The number of imide groups is 1. The molecule has 1 aromatic rings. The van der Waals surface area contributed by atoms with Gasteiger partial charge in [-0.05, 0) is 55.1 Å². The number of hydrazine groups is 1. The van der Waals surface area contributed by atoms with Crippen LogP contribution in [0, 0.1) is 35.5 Å². The Kier molecular flexibility index (Phi) is 2.56. The maximum atomic E-state index is 12.8. The zero-order chi connectivity index (χ0) is 15.7. The first-order chi connectivity index (χ1) is 11.2. The Morgan fingerprint density at radius 3 is 2.04 bits per heavy atom. The Hall–Kier alpha value is -2.17. The van der Waals surface area contributed by atoms with Crippen molar-refractivity contribution in [1.29, 1.82) is 0 Å². The summed E-state index contributed by atoms with van der Waals surface area (Å²) >= 11 is 0. The molecule has 1 N–H and O–H groups in total. The lowest BCUT2D eigenvalue weighted by atomic mass is 9.59. The quantitative estimate of drug-likeness (QED) is 0.844. The second-order valence-corrected chi connectivity index (χ2v) is 7.34. The summed E-state index contributed by atoms with van der Waals surface area (Å²) in [6, 6.07) is 8.69. The molecule has 6 atom stereocenters. The Morgan fingerprint density at radius 2 is 1.48 bits per heavy atom. The van der Waals surface area contributed by atoms with Crippen molar-refractivity contribution in [3.05, 3.63) is 35.9 Å². The van der Waals surface area contributed by atoms with Crippen LogP contribution in [0.15, 0.2) is 30.3 Å². The summed E-state index contributed by atoms with van der Waals surface area (Å²) in [5.74, 6) is 0.836. The SMILES string of the molecule is O=C(NN1C(=O)C2C3CCC(C4CC43)C2C1=O)c1ccccc1. The highest BCUT2D eigenvalue weighted by Gasteiger charge is 2.68. The van der Waals surface area contributed by atoms with E-state index in [1.807, 2.05) is 6.07 Å². The third-order valence-electron chi connectivity index (χ3n) is 6.39. The molecule has 4 aliphatic carbocycles. The van der Waals surface area contributed by atoms with E-state index >= 15 is 0 Å². The Balaban J connectivity index is 1.42. The van der Waals surface area contributed by atoms with Crippen molar-refractivity contribution in [1.82, 2.24) is 10.4 Å². The third-order valence-corrected chi connectivity index (χ3v) is 6.39. The molecule has 1 aromatic carbocycles. The van der Waals surface area contributed by atoms with Gasteiger partial charge in [-0.1, -0.05) is 18.2 Å². The van der Waals surface area contributed by atoms with Gasteiger partial charge in [-0.25, -0.2) is 0 Å². The topological polar surface area (TPSA) is 66.5 Å². The van der Waals surface area contributed by atoms with Gasteiger partial charge in [0, 0.05) is 5.56 Å². The molecule has 0 aromatic heterocycles. The van der Waals surface area contributed by atoms with Crippen LogP contribution < -0.4 is 5.43 Å². The van der Waals surface area contributed by atoms with Crippen LogP contribution in [-0.4, -0.2) is 22.7 Å². The number of nitrogens with one attached hydrogen (secondary N) is 1. The van der Waals surface area contributed by atoms with E-state index in [0.717, 1.165) is 17.9 Å². The molecule has 5 nitrogen and oxygen atoms in total. The van der Waals surface area contributed by atoms with E-state index in [-0.39, 0.29) is 23.7 Å². The van der Waals surface area contributed by atoms with Gasteiger partial charge in [0.25, 0.3) is 17.7 Å². The summed E-state index contributed by atoms with van der Waals surface area (Å²) in [6.07, 6.45) is 3.32. The molecule has 118 valence electrons. The largest absolute Gasteiger partial charge is 0.272 e. The maximum absolute atomic E-state index is 12.8. The molecular weight excluding hydrogens is 292 g/mol. The fourth-order valence-electron chi connectivity index (χ4n) is 5.40. The average Bonchev–Trinajstić information content (AvgIpc) is 3.37. The third kappa shape index (κ3) is 1.70. The van der Waals surface area contributed by atoms with Crippen molar-refractivity contribution in [2.45, 2.75) is 19.3 Å². The van der Waals surface area contributed by atoms with Gasteiger partial charge in [-0.3, -0.25) is 19.8 Å². The molecule has 5 aliphatic rings. The summed E-state index contributed by atoms with van der Waals surface area (Å²) in [5.41, 5.74) is 3.00. The van der Waals surface area contributed by atoms with Gasteiger partial charge in [-0.15, -0.1) is 0 Å². The molecule has 0 spiro atoms. The van der Waals surface area contributed by atoms with Gasteiger partial charge in [-0.2, -0.15) is 5.01 Å². The molecule has 6 unspecified atom stereocenters. The molecule has 1 aliphatic heterocycles. The first-order valence-electron chi connectivity index (χ1n) is 8.40. The van der Waals surface area contributed by atoms with Crippen LogP contribution in [-0.2, 0) is 9.59 Å². The van der Waals surface area contributed by atoms with Gasteiger partial charge in [0.2, 0.25) is 0 Å². The predicted molar refractivity (Wildman–Crippen MR) is 80.6 cm³/mol. The lowest BCUT2D eigenvalue weighted by molar-refractivity contribution is -0.143. The minimum atomic E-state index is -0.400. The van der Waals surface area contributed by atoms with Gasteiger partial charge < -0.3 is 0 Å². The van der Waals surface area contributed by atoms with Crippen LogP contribution >= 0.6 is 0 Å². The number of amides is 3. The minimum absolute atomic E-state index is 0.190. The smallest absolute Gasteiger partial charge is 0.270 e. The summed E-state index contributed by atoms with van der Waals surface area (Å²) in [6.45, 7) is 0. The highest BCUT2D eigenvalue weighted by atomic mass is 16.2. The van der Waals surface area contributed by atoms with Gasteiger partial charge in [0.05, 0.1) is 11.8 Å². The number of hydrogen-bond donors (Lipinski definition) is 1. The molecule has 6 rings (SSSR count). The zero-order valence-electron chi connectivity index (χ0n) is 12.6. The maximum Gasteiger partial charge on any atom is 0.270 e. The molecule has 1 saturated heterocycles. The molecule has 1 heterocycles. The summed E-state index contributed by atoms with van der Waals surface area (Å²) in [7, 11) is 0. The average molecular weight is 310 g/mol. The van der Waals surface area contributed by atoms with Crippen LogP contribution in [0.1, 0.15) is 29.6 Å². The summed E-state index contributed by atoms with van der Waals surface area (Å²) in [5, 5.41) is 1.01. The molecule has 2 bridgehead atoms. The fraction of sp³-hybridized carbons (Fsp3) is 0.500. The highest BCUT2D eigenvalue weighted by Crippen LogP contribution is 2.67. The van der Waals surface area contributed by atoms with E-state index in [1.165, 1.54) is 6.42 Å². The van der Waals surface area contributed by atoms with E-state index in [1.54, 1.807) is 24.3 Å². The number of hydrogen-bond acceptors (Lipinski definition) is 3. The predicted octanol–water partition coefficient (Wildman–Crippen LogP) is 1.61. The molecule has 3 amide bonds. The molecule has 23 heavy (non-hydrogen) atoms. The molecule has 0 radical (unpaired) electrons. The van der Waals surface area contributed by atoms with E-state index in [2.05, 4.69) is 5.43 Å². The van der Waals surface area contributed by atoms with Crippen molar-refractivity contribution >= 4 is 17.7 Å². The molecular formula is C18H18N2O3. The number of fused-ring (bicyclic) bond motifs is 1. The number of carbonyl (C=O) groups is 3. The fourth-order valence-corrected chi connectivity index (χ4v) is 5.40. The highest BCUT2D eigenvalue weighted by molar-refractivity contribution is 6.08. The zero-order valence-corrected chi connectivity index (χ0v) is 12.6. The normalized spacial score (nSPS) is 39.9. The Morgan fingerprint density at radius 1 is 0.913 bits per heavy atom. The number of nitrogens with zero attached hydrogens (tertiary/aromatic N) is 1. The van der Waals surface area contributed by atoms with Crippen LogP contribution in [0.5, 0.6) is 0 Å². The molecule has 5 heteroatoms. The first kappa shape index (κ1) is 13.3. The number of carbonyl (C=O) groups excluding carboxylic acids is 3. The van der Waals surface area contributed by atoms with Crippen LogP contribution in [0.25, 0.3) is 0 Å². The van der Waals surface area contributed by atoms with Crippen molar-refractivity contribution < 1.29 is 14.4 Å². The monoisotopic (exact) mass is 310 g/mol. The van der Waals surface area contributed by atoms with Crippen LogP contribution in [0.4, 0.5) is 0 Å².